The van der Waals surface area contributed by atoms with Crippen LogP contribution >= 0.6 is 15.9 Å². The fourth-order valence-corrected chi connectivity index (χ4v) is 3.06. The molecule has 0 radical (unpaired) electrons. The van der Waals surface area contributed by atoms with E-state index in [-0.39, 0.29) is 0 Å². The predicted octanol–water partition coefficient (Wildman–Crippen LogP) is 3.41. The Labute approximate surface area is 121 Å². The topological polar surface area (TPSA) is 32.3 Å². The van der Waals surface area contributed by atoms with E-state index in [0.29, 0.717) is 11.8 Å². The first kappa shape index (κ1) is 12.7. The van der Waals surface area contributed by atoms with Gasteiger partial charge in [-0.1, -0.05) is 36.4 Å². The van der Waals surface area contributed by atoms with Gasteiger partial charge in [0.1, 0.15) is 5.75 Å². The van der Waals surface area contributed by atoms with E-state index >= 15 is 0 Å². The number of phenols is 1. The minimum Gasteiger partial charge on any atom is -0.507 e. The zero-order chi connectivity index (χ0) is 13.2. The molecule has 2 aromatic carbocycles. The predicted molar refractivity (Wildman–Crippen MR) is 80.3 cm³/mol. The van der Waals surface area contributed by atoms with Crippen LogP contribution in [0.3, 0.4) is 0 Å². The minimum atomic E-state index is 0.300. The maximum Gasteiger partial charge on any atom is 0.130 e. The van der Waals surface area contributed by atoms with E-state index in [1.54, 1.807) is 6.07 Å². The highest BCUT2D eigenvalue weighted by Gasteiger charge is 2.20. The molecule has 0 spiro atoms. The summed E-state index contributed by atoms with van der Waals surface area (Å²) in [4.78, 5) is 0. The van der Waals surface area contributed by atoms with Crippen LogP contribution < -0.4 is 5.32 Å². The van der Waals surface area contributed by atoms with Gasteiger partial charge in [0, 0.05) is 12.6 Å². The fourth-order valence-electron chi connectivity index (χ4n) is 2.66. The number of hydrogen-bond acceptors (Lipinski definition) is 2. The normalized spacial score (nSPS) is 14.6. The van der Waals surface area contributed by atoms with Crippen LogP contribution in [0.25, 0.3) is 0 Å². The molecule has 2 nitrogen and oxygen atoms in total. The Morgan fingerprint density at radius 2 is 1.74 bits per heavy atom. The van der Waals surface area contributed by atoms with Crippen LogP contribution in [0.2, 0.25) is 0 Å². The molecule has 0 amide bonds. The average molecular weight is 318 g/mol. The molecular weight excluding hydrogens is 302 g/mol. The number of hydrogen-bond donors (Lipinski definition) is 2. The number of benzene rings is 2. The highest BCUT2D eigenvalue weighted by molar-refractivity contribution is 9.10. The van der Waals surface area contributed by atoms with E-state index in [9.17, 15) is 5.11 Å². The number of fused-ring (bicyclic) bond motifs is 1. The van der Waals surface area contributed by atoms with Crippen molar-refractivity contribution < 1.29 is 5.11 Å². The maximum absolute atomic E-state index is 9.66. The molecule has 2 N–H and O–H groups in total. The zero-order valence-electron chi connectivity index (χ0n) is 10.6. The summed E-state index contributed by atoms with van der Waals surface area (Å²) >= 11 is 3.43. The summed E-state index contributed by atoms with van der Waals surface area (Å²) in [5, 5.41) is 13.2. The Morgan fingerprint density at radius 1 is 1.05 bits per heavy atom. The van der Waals surface area contributed by atoms with E-state index in [1.165, 1.54) is 11.1 Å². The Balaban J connectivity index is 1.64. The second kappa shape index (κ2) is 5.35. The van der Waals surface area contributed by atoms with Crippen molar-refractivity contribution in [3.05, 3.63) is 63.6 Å². The number of rotatable bonds is 3. The van der Waals surface area contributed by atoms with Crippen molar-refractivity contribution in [3.63, 3.8) is 0 Å². The molecule has 0 fully saturated rings. The summed E-state index contributed by atoms with van der Waals surface area (Å²) in [6.07, 6.45) is 2.18. The Morgan fingerprint density at radius 3 is 2.42 bits per heavy atom. The summed E-state index contributed by atoms with van der Waals surface area (Å²) < 4.78 is 0.790. The van der Waals surface area contributed by atoms with E-state index in [0.717, 1.165) is 29.4 Å². The second-order valence-corrected chi connectivity index (χ2v) is 5.80. The highest BCUT2D eigenvalue weighted by Crippen LogP contribution is 2.28. The van der Waals surface area contributed by atoms with Gasteiger partial charge in [0.25, 0.3) is 0 Å². The minimum absolute atomic E-state index is 0.300. The first-order valence-electron chi connectivity index (χ1n) is 6.50. The largest absolute Gasteiger partial charge is 0.507 e. The molecule has 0 atom stereocenters. The van der Waals surface area contributed by atoms with Gasteiger partial charge in [-0.05, 0) is 51.5 Å². The maximum atomic E-state index is 9.66. The molecule has 3 heteroatoms. The van der Waals surface area contributed by atoms with Crippen molar-refractivity contribution in [1.29, 1.82) is 0 Å². The molecule has 3 rings (SSSR count). The molecule has 0 bridgehead atoms. The lowest BCUT2D eigenvalue weighted by Gasteiger charge is -2.13. The third-order valence-corrected chi connectivity index (χ3v) is 4.61. The Hall–Kier alpha value is -1.32. The molecule has 0 saturated carbocycles. The van der Waals surface area contributed by atoms with Crippen LogP contribution in [-0.2, 0) is 19.4 Å². The molecule has 19 heavy (non-hydrogen) atoms. The molecule has 98 valence electrons. The number of phenolic OH excluding ortho intramolecular Hbond substituents is 1. The summed E-state index contributed by atoms with van der Waals surface area (Å²) in [7, 11) is 0. The third-order valence-electron chi connectivity index (χ3n) is 3.69. The van der Waals surface area contributed by atoms with Crippen LogP contribution in [-0.4, -0.2) is 11.1 Å². The Bertz CT molecular complexity index is 572. The van der Waals surface area contributed by atoms with E-state index < -0.39 is 0 Å². The summed E-state index contributed by atoms with van der Waals surface area (Å²) in [6.45, 7) is 0.771. The monoisotopic (exact) mass is 317 g/mol. The van der Waals surface area contributed by atoms with Gasteiger partial charge < -0.3 is 10.4 Å². The molecule has 2 aromatic rings. The van der Waals surface area contributed by atoms with E-state index in [4.69, 9.17) is 0 Å². The van der Waals surface area contributed by atoms with Gasteiger partial charge in [-0.25, -0.2) is 0 Å². The first-order chi connectivity index (χ1) is 9.24. The molecule has 0 unspecified atom stereocenters. The van der Waals surface area contributed by atoms with Gasteiger partial charge in [-0.15, -0.1) is 0 Å². The summed E-state index contributed by atoms with van der Waals surface area (Å²) in [5.41, 5.74) is 4.00. The lowest BCUT2D eigenvalue weighted by molar-refractivity contribution is 0.469. The van der Waals surface area contributed by atoms with Gasteiger partial charge in [0.15, 0.2) is 0 Å². The molecule has 1 aliphatic carbocycles. The molecule has 0 heterocycles. The zero-order valence-corrected chi connectivity index (χ0v) is 12.2. The average Bonchev–Trinajstić information content (AvgIpc) is 2.83. The van der Waals surface area contributed by atoms with Gasteiger partial charge >= 0.3 is 0 Å². The van der Waals surface area contributed by atoms with Crippen molar-refractivity contribution >= 4 is 15.9 Å². The van der Waals surface area contributed by atoms with Crippen LogP contribution in [0.1, 0.15) is 16.7 Å². The highest BCUT2D eigenvalue weighted by atomic mass is 79.9. The van der Waals surface area contributed by atoms with Crippen molar-refractivity contribution in [2.24, 2.45) is 0 Å². The van der Waals surface area contributed by atoms with Crippen LogP contribution in [0.15, 0.2) is 46.9 Å². The number of aromatic hydroxyl groups is 1. The molecule has 0 aliphatic heterocycles. The fraction of sp³-hybridized carbons (Fsp3) is 0.250. The molecule has 1 aliphatic rings. The van der Waals surface area contributed by atoms with Crippen molar-refractivity contribution in [3.8, 4) is 5.75 Å². The van der Waals surface area contributed by atoms with Crippen LogP contribution in [0.4, 0.5) is 0 Å². The lowest BCUT2D eigenvalue weighted by atomic mass is 10.1. The van der Waals surface area contributed by atoms with Gasteiger partial charge in [0.05, 0.1) is 4.47 Å². The summed E-state index contributed by atoms with van der Waals surface area (Å²) in [6, 6.07) is 14.7. The van der Waals surface area contributed by atoms with Crippen molar-refractivity contribution in [1.82, 2.24) is 5.32 Å². The lowest BCUT2D eigenvalue weighted by Crippen LogP contribution is -2.29. The number of halogens is 1. The quantitative estimate of drug-likeness (QED) is 0.909. The smallest absolute Gasteiger partial charge is 0.130 e. The molecular formula is C16H16BrNO. The SMILES string of the molecule is Oc1cccc(CNC2Cc3ccccc3C2)c1Br. The van der Waals surface area contributed by atoms with Crippen LogP contribution in [0, 0.1) is 0 Å². The molecule has 0 saturated heterocycles. The van der Waals surface area contributed by atoms with Crippen molar-refractivity contribution in [2.75, 3.05) is 0 Å². The van der Waals surface area contributed by atoms with E-state index in [2.05, 4.69) is 45.5 Å². The van der Waals surface area contributed by atoms with Gasteiger partial charge in [-0.3, -0.25) is 0 Å². The number of nitrogens with one attached hydrogen (secondary N) is 1. The third kappa shape index (κ3) is 2.67. The Kier molecular flexibility index (Phi) is 3.58. The standard InChI is InChI=1S/C16H16BrNO/c17-16-13(6-3-7-15(16)19)10-18-14-8-11-4-1-2-5-12(11)9-14/h1-7,14,18-19H,8-10H2. The summed E-state index contributed by atoms with van der Waals surface area (Å²) in [5.74, 6) is 0.300. The van der Waals surface area contributed by atoms with Gasteiger partial charge in [-0.2, -0.15) is 0 Å². The molecule has 0 aromatic heterocycles. The van der Waals surface area contributed by atoms with Crippen LogP contribution in [0.5, 0.6) is 5.75 Å². The van der Waals surface area contributed by atoms with E-state index in [1.807, 2.05) is 12.1 Å². The first-order valence-corrected chi connectivity index (χ1v) is 7.30. The van der Waals surface area contributed by atoms with Crippen molar-refractivity contribution in [2.45, 2.75) is 25.4 Å². The van der Waals surface area contributed by atoms with Gasteiger partial charge in [0.2, 0.25) is 0 Å². The second-order valence-electron chi connectivity index (χ2n) is 5.01.